The van der Waals surface area contributed by atoms with E-state index in [1.807, 2.05) is 60.7 Å². The fourth-order valence-corrected chi connectivity index (χ4v) is 6.33. The minimum absolute atomic E-state index is 0.0309. The Labute approximate surface area is 283 Å². The number of hydrogen-bond donors (Lipinski definition) is 1. The Morgan fingerprint density at radius 3 is 2.36 bits per heavy atom. The SMILES string of the molecule is COc1ccccc1COCCCCCC[N+](C)(C)CCC(C)CCN1CCC(OC(=O)Nc2ccccc2-c2ccccc2)CC1. The quantitative estimate of drug-likeness (QED) is 0.105. The Morgan fingerprint density at radius 1 is 0.872 bits per heavy atom. The van der Waals surface area contributed by atoms with Gasteiger partial charge in [0.25, 0.3) is 0 Å². The lowest BCUT2D eigenvalue weighted by Crippen LogP contribution is -2.42. The van der Waals surface area contributed by atoms with E-state index in [0.717, 1.165) is 78.1 Å². The highest BCUT2D eigenvalue weighted by Crippen LogP contribution is 2.28. The largest absolute Gasteiger partial charge is 0.496 e. The van der Waals surface area contributed by atoms with Crippen molar-refractivity contribution in [3.63, 3.8) is 0 Å². The smallest absolute Gasteiger partial charge is 0.411 e. The van der Waals surface area contributed by atoms with Gasteiger partial charge in [-0.3, -0.25) is 5.32 Å². The number of carbonyl (C=O) groups excluding carboxylic acids is 1. The van der Waals surface area contributed by atoms with Gasteiger partial charge in [-0.15, -0.1) is 0 Å². The lowest BCUT2D eigenvalue weighted by Gasteiger charge is -2.33. The van der Waals surface area contributed by atoms with Crippen LogP contribution in [0, 0.1) is 5.92 Å². The fraction of sp³-hybridized carbons (Fsp3) is 0.525. The molecule has 1 heterocycles. The van der Waals surface area contributed by atoms with Gasteiger partial charge in [-0.2, -0.15) is 0 Å². The number of piperidine rings is 1. The molecular formula is C40H58N3O4+. The van der Waals surface area contributed by atoms with Gasteiger partial charge >= 0.3 is 6.09 Å². The topological polar surface area (TPSA) is 60.0 Å². The van der Waals surface area contributed by atoms with Crippen LogP contribution in [0.15, 0.2) is 78.9 Å². The minimum Gasteiger partial charge on any atom is -0.496 e. The Kier molecular flexibility index (Phi) is 15.1. The van der Waals surface area contributed by atoms with Gasteiger partial charge in [0.2, 0.25) is 0 Å². The molecule has 7 heteroatoms. The van der Waals surface area contributed by atoms with Crippen molar-refractivity contribution < 1.29 is 23.5 Å². The molecule has 0 aromatic heterocycles. The fourth-order valence-electron chi connectivity index (χ4n) is 6.33. The average molecular weight is 645 g/mol. The number of methoxy groups -OCH3 is 1. The number of hydrogen-bond acceptors (Lipinski definition) is 5. The van der Waals surface area contributed by atoms with E-state index >= 15 is 0 Å². The van der Waals surface area contributed by atoms with Gasteiger partial charge in [0.15, 0.2) is 0 Å². The molecule has 3 aromatic rings. The second kappa shape index (κ2) is 19.4. The normalized spacial score (nSPS) is 14.9. The Morgan fingerprint density at radius 2 is 1.57 bits per heavy atom. The molecule has 4 rings (SSSR count). The number of rotatable bonds is 19. The number of carbonyl (C=O) groups is 1. The van der Waals surface area contributed by atoms with E-state index in [2.05, 4.69) is 49.4 Å². The van der Waals surface area contributed by atoms with E-state index < -0.39 is 0 Å². The maximum Gasteiger partial charge on any atom is 0.411 e. The third-order valence-corrected chi connectivity index (χ3v) is 9.47. The number of unbranched alkanes of at least 4 members (excludes halogenated alkanes) is 3. The van der Waals surface area contributed by atoms with Crippen LogP contribution in [0.3, 0.4) is 0 Å². The molecule has 256 valence electrons. The molecule has 1 unspecified atom stereocenters. The number of nitrogens with zero attached hydrogens (tertiary/aromatic N) is 2. The number of para-hydroxylation sites is 2. The van der Waals surface area contributed by atoms with E-state index in [1.54, 1.807) is 7.11 Å². The first kappa shape index (κ1) is 36.4. The highest BCUT2D eigenvalue weighted by atomic mass is 16.6. The van der Waals surface area contributed by atoms with E-state index in [-0.39, 0.29) is 12.2 Å². The molecule has 0 radical (unpaired) electrons. The molecular weight excluding hydrogens is 586 g/mol. The van der Waals surface area contributed by atoms with Crippen LogP contribution in [0.25, 0.3) is 11.1 Å². The summed E-state index contributed by atoms with van der Waals surface area (Å²) in [6.45, 7) is 9.36. The van der Waals surface area contributed by atoms with E-state index in [1.165, 1.54) is 45.2 Å². The van der Waals surface area contributed by atoms with Crippen LogP contribution in [0.1, 0.15) is 63.9 Å². The van der Waals surface area contributed by atoms with Gasteiger partial charge in [-0.25, -0.2) is 4.79 Å². The molecule has 1 aliphatic heterocycles. The summed E-state index contributed by atoms with van der Waals surface area (Å²) in [5, 5.41) is 2.98. The van der Waals surface area contributed by atoms with Crippen LogP contribution >= 0.6 is 0 Å². The number of anilines is 1. The first-order valence-electron chi connectivity index (χ1n) is 17.7. The first-order valence-corrected chi connectivity index (χ1v) is 17.7. The van der Waals surface area contributed by atoms with Gasteiger partial charge in [-0.05, 0) is 75.1 Å². The van der Waals surface area contributed by atoms with Crippen molar-refractivity contribution in [3.8, 4) is 16.9 Å². The summed E-state index contributed by atoms with van der Waals surface area (Å²) in [6, 6.07) is 26.1. The number of amides is 1. The summed E-state index contributed by atoms with van der Waals surface area (Å²) in [4.78, 5) is 15.3. The number of benzene rings is 3. The molecule has 0 saturated carbocycles. The van der Waals surface area contributed by atoms with Gasteiger partial charge in [0.1, 0.15) is 11.9 Å². The summed E-state index contributed by atoms with van der Waals surface area (Å²) in [6.07, 6.45) is 8.72. The number of likely N-dealkylation sites (tertiary alicyclic amines) is 1. The molecule has 0 spiro atoms. The molecule has 1 fully saturated rings. The average Bonchev–Trinajstić information content (AvgIpc) is 3.09. The van der Waals surface area contributed by atoms with Crippen molar-refractivity contribution >= 4 is 11.8 Å². The molecule has 7 nitrogen and oxygen atoms in total. The Balaban J connectivity index is 1.02. The maximum absolute atomic E-state index is 12.8. The molecule has 47 heavy (non-hydrogen) atoms. The monoisotopic (exact) mass is 644 g/mol. The van der Waals surface area contributed by atoms with Crippen molar-refractivity contribution in [1.82, 2.24) is 4.90 Å². The van der Waals surface area contributed by atoms with Crippen LogP contribution in [0.2, 0.25) is 0 Å². The van der Waals surface area contributed by atoms with Crippen LogP contribution < -0.4 is 10.1 Å². The molecule has 0 bridgehead atoms. The van der Waals surface area contributed by atoms with Crippen LogP contribution in [0.4, 0.5) is 10.5 Å². The molecule has 0 aliphatic carbocycles. The lowest BCUT2D eigenvalue weighted by atomic mass is 10.0. The zero-order chi connectivity index (χ0) is 33.3. The number of ether oxygens (including phenoxy) is 3. The third kappa shape index (κ3) is 13.0. The summed E-state index contributed by atoms with van der Waals surface area (Å²) in [7, 11) is 6.47. The van der Waals surface area contributed by atoms with Crippen LogP contribution in [-0.2, 0) is 16.1 Å². The highest BCUT2D eigenvalue weighted by molar-refractivity contribution is 5.91. The van der Waals surface area contributed by atoms with Crippen LogP contribution in [0.5, 0.6) is 5.75 Å². The number of quaternary nitrogens is 1. The maximum atomic E-state index is 12.8. The van der Waals surface area contributed by atoms with Gasteiger partial charge in [0, 0.05) is 30.8 Å². The summed E-state index contributed by atoms with van der Waals surface area (Å²) in [5.41, 5.74) is 3.96. The number of nitrogens with one attached hydrogen (secondary N) is 1. The van der Waals surface area contributed by atoms with Gasteiger partial charge in [0.05, 0.1) is 46.6 Å². The second-order valence-corrected chi connectivity index (χ2v) is 13.8. The molecule has 1 amide bonds. The third-order valence-electron chi connectivity index (χ3n) is 9.47. The molecule has 1 aliphatic rings. The summed E-state index contributed by atoms with van der Waals surface area (Å²) >= 11 is 0. The lowest BCUT2D eigenvalue weighted by molar-refractivity contribution is -0.891. The predicted molar refractivity (Wildman–Crippen MR) is 193 cm³/mol. The molecule has 1 N–H and O–H groups in total. The van der Waals surface area contributed by atoms with E-state index in [0.29, 0.717) is 12.5 Å². The molecule has 1 atom stereocenters. The zero-order valence-electron chi connectivity index (χ0n) is 29.3. The Hall–Kier alpha value is -3.39. The molecule has 1 saturated heterocycles. The van der Waals surface area contributed by atoms with E-state index in [4.69, 9.17) is 14.2 Å². The highest BCUT2D eigenvalue weighted by Gasteiger charge is 2.23. The first-order chi connectivity index (χ1) is 22.8. The van der Waals surface area contributed by atoms with Gasteiger partial charge < -0.3 is 23.6 Å². The minimum atomic E-state index is -0.365. The molecule has 3 aromatic carbocycles. The zero-order valence-corrected chi connectivity index (χ0v) is 29.3. The van der Waals surface area contributed by atoms with Crippen molar-refractivity contribution in [1.29, 1.82) is 0 Å². The summed E-state index contributed by atoms with van der Waals surface area (Å²) in [5.74, 6) is 1.61. The predicted octanol–water partition coefficient (Wildman–Crippen LogP) is 8.65. The van der Waals surface area contributed by atoms with Crippen molar-refractivity contribution in [2.45, 2.75) is 71.0 Å². The van der Waals surface area contributed by atoms with Gasteiger partial charge in [-0.1, -0.05) is 80.1 Å². The van der Waals surface area contributed by atoms with Crippen molar-refractivity contribution in [3.05, 3.63) is 84.4 Å². The van der Waals surface area contributed by atoms with Crippen molar-refractivity contribution in [2.75, 3.05) is 65.9 Å². The van der Waals surface area contributed by atoms with E-state index in [9.17, 15) is 4.79 Å². The van der Waals surface area contributed by atoms with Crippen molar-refractivity contribution in [2.24, 2.45) is 5.92 Å². The van der Waals surface area contributed by atoms with Crippen LogP contribution in [-0.4, -0.2) is 82.1 Å². The Bertz CT molecular complexity index is 1320. The summed E-state index contributed by atoms with van der Waals surface area (Å²) < 4.78 is 18.2. The second-order valence-electron chi connectivity index (χ2n) is 13.8. The standard InChI is InChI=1S/C40H57N3O4/c1-33(25-30-43(2,3)29-14-5-6-15-31-46-32-35-18-10-13-21-39(35)45-4)22-26-42-27-23-36(24-28-42)47-40(44)41-38-20-12-11-19-37(38)34-16-8-7-9-17-34/h7-13,16-21,33,36H,5-6,14-15,22-32H2,1-4H3/p+1.